The Morgan fingerprint density at radius 3 is 2.55 bits per heavy atom. The first kappa shape index (κ1) is 14.1. The number of ether oxygens (including phenoxy) is 1. The summed E-state index contributed by atoms with van der Waals surface area (Å²) in [5.41, 5.74) is 10.7. The Balaban J connectivity index is 1.92. The van der Waals surface area contributed by atoms with Gasteiger partial charge in [0.25, 0.3) is 0 Å². The van der Waals surface area contributed by atoms with Crippen LogP contribution in [-0.2, 0) is 22.6 Å². The minimum absolute atomic E-state index is 0.206. The zero-order valence-corrected chi connectivity index (χ0v) is 11.8. The summed E-state index contributed by atoms with van der Waals surface area (Å²) < 4.78 is 5.29. The highest BCUT2D eigenvalue weighted by Crippen LogP contribution is 2.13. The van der Waals surface area contributed by atoms with Crippen molar-refractivity contribution in [3.8, 4) is 0 Å². The molecule has 0 bridgehead atoms. The van der Waals surface area contributed by atoms with E-state index in [2.05, 4.69) is 6.92 Å². The van der Waals surface area contributed by atoms with Crippen LogP contribution in [0, 0.1) is 13.8 Å². The third kappa shape index (κ3) is 3.60. The summed E-state index contributed by atoms with van der Waals surface area (Å²) in [6.07, 6.45) is 0.206. The lowest BCUT2D eigenvalue weighted by atomic mass is 10.1. The van der Waals surface area contributed by atoms with Gasteiger partial charge in [-0.1, -0.05) is 36.4 Å². The van der Waals surface area contributed by atoms with E-state index in [0.29, 0.717) is 12.3 Å². The topological polar surface area (TPSA) is 52.3 Å². The van der Waals surface area contributed by atoms with Crippen molar-refractivity contribution in [3.05, 3.63) is 64.7 Å². The highest BCUT2D eigenvalue weighted by molar-refractivity contribution is 5.74. The molecule has 2 N–H and O–H groups in total. The lowest BCUT2D eigenvalue weighted by molar-refractivity contribution is -0.144. The van der Waals surface area contributed by atoms with E-state index in [-0.39, 0.29) is 12.4 Å². The quantitative estimate of drug-likeness (QED) is 0.685. The Hall–Kier alpha value is -2.29. The van der Waals surface area contributed by atoms with Gasteiger partial charge < -0.3 is 10.5 Å². The van der Waals surface area contributed by atoms with Crippen molar-refractivity contribution >= 4 is 11.7 Å². The molecule has 2 aromatic rings. The molecule has 2 aromatic carbocycles. The average molecular weight is 269 g/mol. The van der Waals surface area contributed by atoms with Crippen LogP contribution < -0.4 is 5.73 Å². The second kappa shape index (κ2) is 6.24. The summed E-state index contributed by atoms with van der Waals surface area (Å²) in [5, 5.41) is 0. The Bertz CT molecular complexity index is 620. The molecule has 0 aliphatic rings. The fourth-order valence-electron chi connectivity index (χ4n) is 1.96. The molecular weight excluding hydrogens is 250 g/mol. The number of benzene rings is 2. The van der Waals surface area contributed by atoms with Crippen LogP contribution in [0.2, 0.25) is 0 Å². The summed E-state index contributed by atoms with van der Waals surface area (Å²) in [4.78, 5) is 11.8. The number of esters is 1. The van der Waals surface area contributed by atoms with Crippen LogP contribution >= 0.6 is 0 Å². The Kier molecular flexibility index (Phi) is 4.41. The Morgan fingerprint density at radius 1 is 1.10 bits per heavy atom. The number of anilines is 1. The van der Waals surface area contributed by atoms with Gasteiger partial charge in [-0.25, -0.2) is 0 Å². The lowest BCUT2D eigenvalue weighted by Gasteiger charge is -2.08. The molecule has 0 unspecified atom stereocenters. The standard InChI is InChI=1S/C17H19NO2/c1-12-7-8-14(9-13(12)2)11-20-17(19)10-15-5-3-4-6-16(15)18/h3-9H,10-11,18H2,1-2H3. The molecule has 0 saturated carbocycles. The molecule has 0 aliphatic carbocycles. The normalized spacial score (nSPS) is 10.3. The predicted octanol–water partition coefficient (Wildman–Crippen LogP) is 3.17. The number of nitrogens with two attached hydrogens (primary N) is 1. The monoisotopic (exact) mass is 269 g/mol. The van der Waals surface area contributed by atoms with Crippen LogP contribution in [-0.4, -0.2) is 5.97 Å². The summed E-state index contributed by atoms with van der Waals surface area (Å²) in [7, 11) is 0. The molecule has 3 nitrogen and oxygen atoms in total. The van der Waals surface area contributed by atoms with Crippen molar-refractivity contribution < 1.29 is 9.53 Å². The van der Waals surface area contributed by atoms with Gasteiger partial charge in [-0.15, -0.1) is 0 Å². The Morgan fingerprint density at radius 2 is 1.85 bits per heavy atom. The second-order valence-electron chi connectivity index (χ2n) is 4.95. The van der Waals surface area contributed by atoms with Crippen molar-refractivity contribution in [2.45, 2.75) is 26.9 Å². The van der Waals surface area contributed by atoms with Gasteiger partial charge >= 0.3 is 5.97 Å². The Labute approximate surface area is 119 Å². The number of hydrogen-bond acceptors (Lipinski definition) is 3. The van der Waals surface area contributed by atoms with E-state index in [1.807, 2.05) is 43.3 Å². The van der Waals surface area contributed by atoms with Crippen LogP contribution in [0.5, 0.6) is 0 Å². The molecule has 0 atom stereocenters. The molecular formula is C17H19NO2. The van der Waals surface area contributed by atoms with Crippen molar-refractivity contribution in [2.75, 3.05) is 5.73 Å². The number of para-hydroxylation sites is 1. The molecule has 0 fully saturated rings. The van der Waals surface area contributed by atoms with Gasteiger partial charge in [-0.05, 0) is 42.2 Å². The van der Waals surface area contributed by atoms with Gasteiger partial charge in [0, 0.05) is 5.69 Å². The van der Waals surface area contributed by atoms with Crippen molar-refractivity contribution in [3.63, 3.8) is 0 Å². The SMILES string of the molecule is Cc1ccc(COC(=O)Cc2ccccc2N)cc1C. The van der Waals surface area contributed by atoms with Gasteiger partial charge in [0.05, 0.1) is 6.42 Å². The molecule has 0 aliphatic heterocycles. The molecule has 0 saturated heterocycles. The number of carbonyl (C=O) groups is 1. The lowest BCUT2D eigenvalue weighted by Crippen LogP contribution is -2.09. The molecule has 104 valence electrons. The highest BCUT2D eigenvalue weighted by atomic mass is 16.5. The van der Waals surface area contributed by atoms with Crippen LogP contribution in [0.25, 0.3) is 0 Å². The summed E-state index contributed by atoms with van der Waals surface area (Å²) in [6.45, 7) is 4.40. The van der Waals surface area contributed by atoms with E-state index in [1.54, 1.807) is 6.07 Å². The maximum atomic E-state index is 11.8. The second-order valence-corrected chi connectivity index (χ2v) is 4.95. The summed E-state index contributed by atoms with van der Waals surface area (Å²) >= 11 is 0. The highest BCUT2D eigenvalue weighted by Gasteiger charge is 2.07. The van der Waals surface area contributed by atoms with Crippen LogP contribution in [0.3, 0.4) is 0 Å². The molecule has 0 amide bonds. The van der Waals surface area contributed by atoms with Crippen molar-refractivity contribution in [1.82, 2.24) is 0 Å². The van der Waals surface area contributed by atoms with E-state index in [9.17, 15) is 4.79 Å². The smallest absolute Gasteiger partial charge is 0.310 e. The first-order valence-electron chi connectivity index (χ1n) is 6.61. The summed E-state index contributed by atoms with van der Waals surface area (Å²) in [5.74, 6) is -0.263. The molecule has 0 heterocycles. The van der Waals surface area contributed by atoms with E-state index < -0.39 is 0 Å². The van der Waals surface area contributed by atoms with Gasteiger partial charge in [0.2, 0.25) is 0 Å². The van der Waals surface area contributed by atoms with E-state index in [4.69, 9.17) is 10.5 Å². The molecule has 2 rings (SSSR count). The van der Waals surface area contributed by atoms with E-state index in [1.165, 1.54) is 11.1 Å². The number of hydrogen-bond donors (Lipinski definition) is 1. The van der Waals surface area contributed by atoms with Gasteiger partial charge in [-0.3, -0.25) is 4.79 Å². The van der Waals surface area contributed by atoms with Crippen LogP contribution in [0.4, 0.5) is 5.69 Å². The van der Waals surface area contributed by atoms with Crippen LogP contribution in [0.15, 0.2) is 42.5 Å². The molecule has 0 radical (unpaired) electrons. The maximum absolute atomic E-state index is 11.8. The van der Waals surface area contributed by atoms with Crippen LogP contribution in [0.1, 0.15) is 22.3 Å². The van der Waals surface area contributed by atoms with Gasteiger partial charge in [0.1, 0.15) is 6.61 Å². The zero-order chi connectivity index (χ0) is 14.5. The molecule has 0 spiro atoms. The first-order valence-corrected chi connectivity index (χ1v) is 6.61. The van der Waals surface area contributed by atoms with E-state index >= 15 is 0 Å². The van der Waals surface area contributed by atoms with Gasteiger partial charge in [-0.2, -0.15) is 0 Å². The third-order valence-corrected chi connectivity index (χ3v) is 3.36. The number of rotatable bonds is 4. The fourth-order valence-corrected chi connectivity index (χ4v) is 1.96. The van der Waals surface area contributed by atoms with E-state index in [0.717, 1.165) is 11.1 Å². The summed E-state index contributed by atoms with van der Waals surface area (Å²) in [6, 6.07) is 13.4. The van der Waals surface area contributed by atoms with Gasteiger partial charge in [0.15, 0.2) is 0 Å². The predicted molar refractivity (Wildman–Crippen MR) is 80.3 cm³/mol. The van der Waals surface area contributed by atoms with Crippen molar-refractivity contribution in [2.24, 2.45) is 0 Å². The molecule has 0 aromatic heterocycles. The largest absolute Gasteiger partial charge is 0.461 e. The minimum atomic E-state index is -0.263. The number of carbonyl (C=O) groups excluding carboxylic acids is 1. The molecule has 3 heteroatoms. The average Bonchev–Trinajstić information content (AvgIpc) is 2.43. The van der Waals surface area contributed by atoms with Crippen molar-refractivity contribution in [1.29, 1.82) is 0 Å². The molecule has 20 heavy (non-hydrogen) atoms. The third-order valence-electron chi connectivity index (χ3n) is 3.36. The zero-order valence-electron chi connectivity index (χ0n) is 11.8. The minimum Gasteiger partial charge on any atom is -0.461 e. The fraction of sp³-hybridized carbons (Fsp3) is 0.235. The maximum Gasteiger partial charge on any atom is 0.310 e. The first-order chi connectivity index (χ1) is 9.56. The number of nitrogen functional groups attached to an aromatic ring is 1. The number of aryl methyl sites for hydroxylation is 2.